The third-order valence-electron chi connectivity index (χ3n) is 3.69. The number of non-ortho nitro benzene ring substituents is 1. The van der Waals surface area contributed by atoms with Crippen molar-refractivity contribution in [1.29, 1.82) is 5.26 Å². The molecular weight excluding hydrogens is 292 g/mol. The third kappa shape index (κ3) is 3.05. The first-order valence-corrected chi connectivity index (χ1v) is 7.12. The summed E-state index contributed by atoms with van der Waals surface area (Å²) in [6.45, 7) is 0.583. The number of nitriles is 1. The van der Waals surface area contributed by atoms with Crippen LogP contribution in [-0.2, 0) is 0 Å². The fourth-order valence-electron chi connectivity index (χ4n) is 2.51. The number of benzene rings is 2. The number of nitrogens with zero attached hydrogens (tertiary/aromatic N) is 3. The van der Waals surface area contributed by atoms with Crippen LogP contribution in [0.15, 0.2) is 60.7 Å². The van der Waals surface area contributed by atoms with Crippen LogP contribution in [0.1, 0.15) is 17.2 Å². The van der Waals surface area contributed by atoms with E-state index in [1.54, 1.807) is 12.1 Å². The minimum atomic E-state index is -0.520. The van der Waals surface area contributed by atoms with Gasteiger partial charge in [-0.05, 0) is 29.3 Å². The summed E-state index contributed by atoms with van der Waals surface area (Å²) < 4.78 is 0. The lowest BCUT2D eigenvalue weighted by molar-refractivity contribution is -0.384. The molecule has 6 heteroatoms. The van der Waals surface area contributed by atoms with Gasteiger partial charge in [-0.1, -0.05) is 30.3 Å². The zero-order chi connectivity index (χ0) is 16.2. The zero-order valence-electron chi connectivity index (χ0n) is 12.2. The van der Waals surface area contributed by atoms with E-state index in [9.17, 15) is 15.4 Å². The smallest absolute Gasteiger partial charge is 0.269 e. The summed E-state index contributed by atoms with van der Waals surface area (Å²) in [5.41, 5.74) is 5.97. The van der Waals surface area contributed by atoms with Crippen LogP contribution in [0.4, 0.5) is 5.69 Å². The predicted molar refractivity (Wildman–Crippen MR) is 85.7 cm³/mol. The average Bonchev–Trinajstić information content (AvgIpc) is 3.06. The Bertz CT molecular complexity index is 778. The maximum Gasteiger partial charge on any atom is 0.269 e. The molecule has 114 valence electrons. The molecule has 1 aliphatic heterocycles. The van der Waals surface area contributed by atoms with Crippen molar-refractivity contribution in [2.45, 2.75) is 6.04 Å². The van der Waals surface area contributed by atoms with E-state index in [2.05, 4.69) is 11.5 Å². The first kappa shape index (κ1) is 14.8. The van der Waals surface area contributed by atoms with Crippen LogP contribution in [0.2, 0.25) is 0 Å². The van der Waals surface area contributed by atoms with Crippen molar-refractivity contribution in [1.82, 2.24) is 10.4 Å². The minimum absolute atomic E-state index is 0.0166. The van der Waals surface area contributed by atoms with Gasteiger partial charge in [-0.2, -0.15) is 10.3 Å². The molecule has 0 saturated heterocycles. The topological polar surface area (TPSA) is 82.2 Å². The van der Waals surface area contributed by atoms with Gasteiger partial charge >= 0.3 is 0 Å². The lowest BCUT2D eigenvalue weighted by atomic mass is 10.1. The van der Waals surface area contributed by atoms with E-state index in [-0.39, 0.29) is 5.69 Å². The molecule has 0 unspecified atom stereocenters. The summed E-state index contributed by atoms with van der Waals surface area (Å²) in [6, 6.07) is 17.7. The molecule has 0 aliphatic carbocycles. The lowest BCUT2D eigenvalue weighted by Gasteiger charge is -2.23. The molecule has 0 amide bonds. The summed E-state index contributed by atoms with van der Waals surface area (Å²) in [5, 5.41) is 22.0. The van der Waals surface area contributed by atoms with Crippen LogP contribution >= 0.6 is 0 Å². The van der Waals surface area contributed by atoms with Crippen molar-refractivity contribution in [3.8, 4) is 6.07 Å². The largest absolute Gasteiger partial charge is 0.317 e. The van der Waals surface area contributed by atoms with Crippen molar-refractivity contribution in [3.63, 3.8) is 0 Å². The molecule has 3 rings (SSSR count). The van der Waals surface area contributed by atoms with Crippen molar-refractivity contribution >= 4 is 11.4 Å². The second-order valence-electron chi connectivity index (χ2n) is 5.13. The normalized spacial score (nSPS) is 15.3. The fourth-order valence-corrected chi connectivity index (χ4v) is 2.51. The second kappa shape index (κ2) is 6.30. The van der Waals surface area contributed by atoms with Gasteiger partial charge in [0.25, 0.3) is 5.69 Å². The lowest BCUT2D eigenvalue weighted by Crippen LogP contribution is -2.35. The Labute approximate surface area is 133 Å². The molecule has 0 aromatic heterocycles. The van der Waals surface area contributed by atoms with E-state index in [0.29, 0.717) is 12.1 Å². The number of hydrogen-bond donors (Lipinski definition) is 1. The molecule has 0 fully saturated rings. The Kier molecular flexibility index (Phi) is 4.04. The van der Waals surface area contributed by atoms with E-state index in [0.717, 1.165) is 11.3 Å². The van der Waals surface area contributed by atoms with Crippen LogP contribution in [0, 0.1) is 21.4 Å². The molecule has 1 heterocycles. The van der Waals surface area contributed by atoms with Gasteiger partial charge in [0.1, 0.15) is 6.04 Å². The molecule has 1 atom stereocenters. The SMILES string of the molecule is N#C[C@@H](c1ccc([N+](=O)[O-])cc1)N1CC=C(c2ccccc2)N1. The quantitative estimate of drug-likeness (QED) is 0.693. The Morgan fingerprint density at radius 3 is 2.48 bits per heavy atom. The van der Waals surface area contributed by atoms with Crippen LogP contribution in [0.25, 0.3) is 5.70 Å². The highest BCUT2D eigenvalue weighted by Crippen LogP contribution is 2.26. The Hall–Kier alpha value is -3.17. The van der Waals surface area contributed by atoms with Crippen LogP contribution < -0.4 is 5.43 Å². The highest BCUT2D eigenvalue weighted by molar-refractivity contribution is 5.65. The number of nitrogens with one attached hydrogen (secondary N) is 1. The van der Waals surface area contributed by atoms with Gasteiger partial charge in [0.2, 0.25) is 0 Å². The highest BCUT2D eigenvalue weighted by atomic mass is 16.6. The molecule has 0 saturated carbocycles. The van der Waals surface area contributed by atoms with Crippen molar-refractivity contribution in [3.05, 3.63) is 81.9 Å². The van der Waals surface area contributed by atoms with Gasteiger partial charge in [-0.25, -0.2) is 0 Å². The maximum absolute atomic E-state index is 10.7. The van der Waals surface area contributed by atoms with E-state index in [1.807, 2.05) is 41.4 Å². The van der Waals surface area contributed by atoms with E-state index >= 15 is 0 Å². The van der Waals surface area contributed by atoms with Crippen LogP contribution in [0.5, 0.6) is 0 Å². The average molecular weight is 306 g/mol. The number of rotatable bonds is 4. The molecule has 1 aliphatic rings. The van der Waals surface area contributed by atoms with Gasteiger partial charge in [-0.15, -0.1) is 0 Å². The molecule has 1 N–H and O–H groups in total. The van der Waals surface area contributed by atoms with Crippen molar-refractivity contribution < 1.29 is 4.92 Å². The summed E-state index contributed by atoms with van der Waals surface area (Å²) >= 11 is 0. The number of hydrogen-bond acceptors (Lipinski definition) is 5. The first-order chi connectivity index (χ1) is 11.2. The molecule has 2 aromatic rings. The minimum Gasteiger partial charge on any atom is -0.317 e. The second-order valence-corrected chi connectivity index (χ2v) is 5.13. The van der Waals surface area contributed by atoms with Gasteiger partial charge in [-0.3, -0.25) is 10.1 Å². The summed E-state index contributed by atoms with van der Waals surface area (Å²) in [7, 11) is 0. The monoisotopic (exact) mass is 306 g/mol. The number of hydrazine groups is 1. The fraction of sp³-hybridized carbons (Fsp3) is 0.118. The van der Waals surface area contributed by atoms with Gasteiger partial charge < -0.3 is 5.43 Å². The van der Waals surface area contributed by atoms with Crippen LogP contribution in [-0.4, -0.2) is 16.5 Å². The molecule has 23 heavy (non-hydrogen) atoms. The molecule has 0 bridgehead atoms. The molecule has 2 aromatic carbocycles. The zero-order valence-corrected chi connectivity index (χ0v) is 12.2. The molecular formula is C17H14N4O2. The van der Waals surface area contributed by atoms with E-state index in [1.165, 1.54) is 12.1 Å². The summed E-state index contributed by atoms with van der Waals surface area (Å²) in [4.78, 5) is 10.3. The predicted octanol–water partition coefficient (Wildman–Crippen LogP) is 3.02. The Balaban J connectivity index is 1.76. The van der Waals surface area contributed by atoms with Crippen molar-refractivity contribution in [2.24, 2.45) is 0 Å². The van der Waals surface area contributed by atoms with Crippen LogP contribution in [0.3, 0.4) is 0 Å². The van der Waals surface area contributed by atoms with Gasteiger partial charge in [0.15, 0.2) is 0 Å². The Morgan fingerprint density at radius 2 is 1.87 bits per heavy atom. The first-order valence-electron chi connectivity index (χ1n) is 7.12. The maximum atomic E-state index is 10.7. The standard InChI is InChI=1S/C17H14N4O2/c18-12-17(14-6-8-15(9-7-14)21(22)23)20-11-10-16(19-20)13-4-2-1-3-5-13/h1-10,17,19H,11H2/t17-/m0/s1. The molecule has 0 spiro atoms. The highest BCUT2D eigenvalue weighted by Gasteiger charge is 2.24. The summed E-state index contributed by atoms with van der Waals surface area (Å²) in [6.07, 6.45) is 2.02. The van der Waals surface area contributed by atoms with Gasteiger partial charge in [0.05, 0.1) is 16.7 Å². The third-order valence-corrected chi connectivity index (χ3v) is 3.69. The summed E-state index contributed by atoms with van der Waals surface area (Å²) in [5.74, 6) is 0. The van der Waals surface area contributed by atoms with E-state index in [4.69, 9.17) is 0 Å². The number of nitro benzene ring substituents is 1. The molecule has 0 radical (unpaired) electrons. The van der Waals surface area contributed by atoms with Crippen molar-refractivity contribution in [2.75, 3.05) is 6.54 Å². The van der Waals surface area contributed by atoms with E-state index < -0.39 is 11.0 Å². The van der Waals surface area contributed by atoms with Gasteiger partial charge in [0, 0.05) is 18.7 Å². The molecule has 6 nitrogen and oxygen atoms in total. The Morgan fingerprint density at radius 1 is 1.17 bits per heavy atom. The number of nitro groups is 1.